The van der Waals surface area contributed by atoms with Crippen LogP contribution in [0.1, 0.15) is 20.3 Å². The highest BCUT2D eigenvalue weighted by Crippen LogP contribution is 2.31. The minimum absolute atomic E-state index is 0.130. The van der Waals surface area contributed by atoms with E-state index in [0.29, 0.717) is 6.42 Å². The molecule has 3 atom stereocenters. The molecule has 8 heteroatoms. The van der Waals surface area contributed by atoms with Gasteiger partial charge in [0, 0.05) is 5.92 Å². The second-order valence-electron chi connectivity index (χ2n) is 3.67. The summed E-state index contributed by atoms with van der Waals surface area (Å²) in [5.41, 5.74) is -5.38. The van der Waals surface area contributed by atoms with E-state index in [9.17, 15) is 21.6 Å². The van der Waals surface area contributed by atoms with Gasteiger partial charge in [-0.3, -0.25) is 4.18 Å². The monoisotopic (exact) mass is 262 g/mol. The first-order valence-electron chi connectivity index (χ1n) is 4.80. The maximum atomic E-state index is 12.0. The summed E-state index contributed by atoms with van der Waals surface area (Å²) in [4.78, 5) is 0. The van der Waals surface area contributed by atoms with Crippen molar-refractivity contribution in [3.05, 3.63) is 0 Å². The number of halogens is 3. The average molecular weight is 262 g/mol. The fourth-order valence-corrected chi connectivity index (χ4v) is 2.25. The van der Waals surface area contributed by atoms with Crippen molar-refractivity contribution in [3.63, 3.8) is 0 Å². The fraction of sp³-hybridized carbons (Fsp3) is 1.00. The van der Waals surface area contributed by atoms with E-state index in [1.165, 1.54) is 0 Å². The Balaban J connectivity index is 2.70. The predicted molar refractivity (Wildman–Crippen MR) is 49.0 cm³/mol. The molecule has 1 saturated heterocycles. The Bertz CT molecular complexity index is 338. The van der Waals surface area contributed by atoms with Crippen molar-refractivity contribution in [1.29, 1.82) is 0 Å². The molecule has 1 aliphatic heterocycles. The molecule has 96 valence electrons. The van der Waals surface area contributed by atoms with Crippen molar-refractivity contribution in [2.45, 2.75) is 38.0 Å². The van der Waals surface area contributed by atoms with Crippen molar-refractivity contribution in [3.8, 4) is 0 Å². The van der Waals surface area contributed by atoms with Gasteiger partial charge in [0.2, 0.25) is 0 Å². The molecule has 1 heterocycles. The molecule has 1 fully saturated rings. The highest BCUT2D eigenvalue weighted by Gasteiger charge is 2.50. The molecule has 0 unspecified atom stereocenters. The first-order chi connectivity index (χ1) is 7.19. The topological polar surface area (TPSA) is 52.6 Å². The summed E-state index contributed by atoms with van der Waals surface area (Å²) in [7, 11) is -5.53. The second-order valence-corrected chi connectivity index (χ2v) is 5.24. The first-order valence-corrected chi connectivity index (χ1v) is 6.21. The summed E-state index contributed by atoms with van der Waals surface area (Å²) in [6.45, 7) is 3.29. The third-order valence-corrected chi connectivity index (χ3v) is 3.65. The number of ether oxygens (including phenoxy) is 1. The normalized spacial score (nSPS) is 31.9. The van der Waals surface area contributed by atoms with Gasteiger partial charge in [-0.2, -0.15) is 21.6 Å². The van der Waals surface area contributed by atoms with Gasteiger partial charge >= 0.3 is 15.6 Å². The summed E-state index contributed by atoms with van der Waals surface area (Å²) >= 11 is 0. The molecule has 1 rings (SSSR count). The van der Waals surface area contributed by atoms with E-state index in [2.05, 4.69) is 4.18 Å². The molecule has 0 saturated carbocycles. The lowest BCUT2D eigenvalue weighted by Crippen LogP contribution is -2.33. The quantitative estimate of drug-likeness (QED) is 0.573. The van der Waals surface area contributed by atoms with Gasteiger partial charge in [0.15, 0.2) is 0 Å². The van der Waals surface area contributed by atoms with Gasteiger partial charge in [-0.25, -0.2) is 0 Å². The molecule has 0 spiro atoms. The van der Waals surface area contributed by atoms with Gasteiger partial charge in [0.05, 0.1) is 12.7 Å². The standard InChI is InChI=1S/C8H13F3O4S/c1-3-6-5(2)7(4-14-6)15-16(12,13)8(9,10)11/h5-7H,3-4H2,1-2H3/t5-,6-,7+/m1/s1. The Labute approximate surface area is 91.8 Å². The van der Waals surface area contributed by atoms with Crippen LogP contribution >= 0.6 is 0 Å². The van der Waals surface area contributed by atoms with Gasteiger partial charge in [-0.15, -0.1) is 0 Å². The molecule has 0 amide bonds. The van der Waals surface area contributed by atoms with Crippen LogP contribution in [0, 0.1) is 5.92 Å². The van der Waals surface area contributed by atoms with Crippen molar-refractivity contribution in [1.82, 2.24) is 0 Å². The summed E-state index contributed by atoms with van der Waals surface area (Å²) in [6.07, 6.45) is -0.711. The van der Waals surface area contributed by atoms with E-state index in [1.807, 2.05) is 6.92 Å². The zero-order chi connectivity index (χ0) is 12.6. The molecule has 0 aromatic carbocycles. The third kappa shape index (κ3) is 2.67. The van der Waals surface area contributed by atoms with Crippen LogP contribution in [-0.4, -0.2) is 32.7 Å². The van der Waals surface area contributed by atoms with Crippen molar-refractivity contribution in [2.24, 2.45) is 5.92 Å². The Hall–Kier alpha value is -0.340. The molecule has 0 aromatic heterocycles. The molecular weight excluding hydrogens is 249 g/mol. The molecule has 16 heavy (non-hydrogen) atoms. The highest BCUT2D eigenvalue weighted by atomic mass is 32.2. The van der Waals surface area contributed by atoms with Crippen LogP contribution in [0.3, 0.4) is 0 Å². The second kappa shape index (κ2) is 4.50. The summed E-state index contributed by atoms with van der Waals surface area (Å²) in [5.74, 6) is -0.373. The molecule has 0 aromatic rings. The highest BCUT2D eigenvalue weighted by molar-refractivity contribution is 7.87. The van der Waals surface area contributed by atoms with E-state index in [1.54, 1.807) is 6.92 Å². The maximum absolute atomic E-state index is 12.0. The van der Waals surface area contributed by atoms with Gasteiger partial charge in [-0.05, 0) is 6.42 Å². The number of alkyl halides is 3. The Morgan fingerprint density at radius 3 is 2.38 bits per heavy atom. The van der Waals surface area contributed by atoms with Crippen LogP contribution < -0.4 is 0 Å². The van der Waals surface area contributed by atoms with E-state index in [-0.39, 0.29) is 18.6 Å². The van der Waals surface area contributed by atoms with E-state index >= 15 is 0 Å². The van der Waals surface area contributed by atoms with Gasteiger partial charge in [-0.1, -0.05) is 13.8 Å². The fourth-order valence-electron chi connectivity index (χ4n) is 1.58. The lowest BCUT2D eigenvalue weighted by molar-refractivity contribution is -0.0583. The minimum atomic E-state index is -5.53. The summed E-state index contributed by atoms with van der Waals surface area (Å²) in [6, 6.07) is 0. The average Bonchev–Trinajstić information content (AvgIpc) is 2.45. The zero-order valence-electron chi connectivity index (χ0n) is 8.82. The van der Waals surface area contributed by atoms with E-state index in [0.717, 1.165) is 0 Å². The summed E-state index contributed by atoms with van der Waals surface area (Å²) < 4.78 is 66.9. The predicted octanol–water partition coefficient (Wildman–Crippen LogP) is 1.67. The van der Waals surface area contributed by atoms with E-state index < -0.39 is 21.7 Å². The first kappa shape index (κ1) is 13.7. The molecule has 4 nitrogen and oxygen atoms in total. The van der Waals surface area contributed by atoms with Crippen molar-refractivity contribution >= 4 is 10.1 Å². The van der Waals surface area contributed by atoms with Crippen molar-refractivity contribution < 1.29 is 30.5 Å². The lowest BCUT2D eigenvalue weighted by Gasteiger charge is -2.18. The van der Waals surface area contributed by atoms with Crippen molar-refractivity contribution in [2.75, 3.05) is 6.61 Å². The lowest BCUT2D eigenvalue weighted by atomic mass is 10.0. The molecule has 0 N–H and O–H groups in total. The number of hydrogen-bond donors (Lipinski definition) is 0. The molecule has 0 bridgehead atoms. The van der Waals surface area contributed by atoms with Crippen LogP contribution in [-0.2, 0) is 19.0 Å². The Kier molecular flexibility index (Phi) is 3.86. The minimum Gasteiger partial charge on any atom is -0.375 e. The van der Waals surface area contributed by atoms with Gasteiger partial charge < -0.3 is 4.74 Å². The molecule has 0 aliphatic carbocycles. The van der Waals surface area contributed by atoms with Gasteiger partial charge in [0.25, 0.3) is 0 Å². The SMILES string of the molecule is CC[C@H]1OC[C@H](OS(=O)(=O)C(F)(F)F)[C@@H]1C. The number of rotatable bonds is 3. The summed E-state index contributed by atoms with van der Waals surface area (Å²) in [5, 5.41) is 0. The molecular formula is C8H13F3O4S. The third-order valence-electron chi connectivity index (χ3n) is 2.58. The van der Waals surface area contributed by atoms with E-state index in [4.69, 9.17) is 4.74 Å². The van der Waals surface area contributed by atoms with Crippen LogP contribution in [0.5, 0.6) is 0 Å². The largest absolute Gasteiger partial charge is 0.523 e. The van der Waals surface area contributed by atoms with Crippen LogP contribution in [0.15, 0.2) is 0 Å². The Morgan fingerprint density at radius 1 is 1.44 bits per heavy atom. The Morgan fingerprint density at radius 2 is 2.00 bits per heavy atom. The van der Waals surface area contributed by atoms with Crippen LogP contribution in [0.4, 0.5) is 13.2 Å². The maximum Gasteiger partial charge on any atom is 0.523 e. The van der Waals surface area contributed by atoms with Gasteiger partial charge in [0.1, 0.15) is 6.10 Å². The molecule has 1 aliphatic rings. The van der Waals surface area contributed by atoms with Crippen LogP contribution in [0.2, 0.25) is 0 Å². The number of hydrogen-bond acceptors (Lipinski definition) is 4. The van der Waals surface area contributed by atoms with Crippen LogP contribution in [0.25, 0.3) is 0 Å². The molecule has 0 radical (unpaired) electrons. The zero-order valence-corrected chi connectivity index (χ0v) is 9.64. The smallest absolute Gasteiger partial charge is 0.375 e.